The van der Waals surface area contributed by atoms with Crippen LogP contribution in [0.2, 0.25) is 0 Å². The first kappa shape index (κ1) is 21.7. The third-order valence-corrected chi connectivity index (χ3v) is 4.90. The first-order chi connectivity index (χ1) is 12.9. The molecule has 0 bridgehead atoms. The van der Waals surface area contributed by atoms with E-state index in [2.05, 4.69) is 58.3 Å². The highest BCUT2D eigenvalue weighted by atomic mass is 79.9. The largest absolute Gasteiger partial charge is 0.493 e. The smallest absolute Gasteiger partial charge is 0.277 e. The minimum absolute atomic E-state index is 0.159. The van der Waals surface area contributed by atoms with Gasteiger partial charge in [0.1, 0.15) is 5.75 Å². The van der Waals surface area contributed by atoms with Crippen LogP contribution < -0.4 is 19.6 Å². The van der Waals surface area contributed by atoms with E-state index < -0.39 is 0 Å². The molecule has 0 saturated carbocycles. The van der Waals surface area contributed by atoms with Crippen molar-refractivity contribution < 1.29 is 19.0 Å². The van der Waals surface area contributed by atoms with Gasteiger partial charge in [-0.15, -0.1) is 0 Å². The second-order valence-electron chi connectivity index (χ2n) is 5.12. The summed E-state index contributed by atoms with van der Waals surface area (Å²) in [5, 5.41) is 3.94. The minimum Gasteiger partial charge on any atom is -0.493 e. The van der Waals surface area contributed by atoms with E-state index in [0.717, 1.165) is 19.0 Å². The zero-order valence-electron chi connectivity index (χ0n) is 14.6. The Morgan fingerprint density at radius 1 is 1.11 bits per heavy atom. The van der Waals surface area contributed by atoms with Crippen LogP contribution in [-0.2, 0) is 4.79 Å². The maximum absolute atomic E-state index is 11.9. The molecule has 0 aliphatic rings. The molecule has 0 heterocycles. The molecule has 1 amide bonds. The lowest BCUT2D eigenvalue weighted by atomic mass is 10.2. The van der Waals surface area contributed by atoms with E-state index in [9.17, 15) is 4.79 Å². The molecule has 0 fully saturated rings. The Balaban J connectivity index is 1.94. The van der Waals surface area contributed by atoms with Crippen LogP contribution >= 0.6 is 47.8 Å². The van der Waals surface area contributed by atoms with Gasteiger partial charge >= 0.3 is 0 Å². The van der Waals surface area contributed by atoms with Crippen molar-refractivity contribution in [2.45, 2.75) is 6.92 Å². The summed E-state index contributed by atoms with van der Waals surface area (Å²) in [5.74, 6) is 1.38. The van der Waals surface area contributed by atoms with Gasteiger partial charge in [0, 0.05) is 4.47 Å². The van der Waals surface area contributed by atoms with E-state index in [1.54, 1.807) is 19.2 Å². The molecule has 6 nitrogen and oxygen atoms in total. The van der Waals surface area contributed by atoms with Gasteiger partial charge < -0.3 is 14.2 Å². The van der Waals surface area contributed by atoms with Crippen molar-refractivity contribution in [3.63, 3.8) is 0 Å². The van der Waals surface area contributed by atoms with Crippen LogP contribution in [0.5, 0.6) is 17.2 Å². The molecule has 27 heavy (non-hydrogen) atoms. The summed E-state index contributed by atoms with van der Waals surface area (Å²) in [4.78, 5) is 11.9. The molecule has 0 aliphatic carbocycles. The molecule has 2 aromatic carbocycles. The van der Waals surface area contributed by atoms with E-state index >= 15 is 0 Å². The zero-order valence-corrected chi connectivity index (χ0v) is 19.4. The summed E-state index contributed by atoms with van der Waals surface area (Å²) in [6.07, 6.45) is 1.51. The Morgan fingerprint density at radius 2 is 1.89 bits per heavy atom. The number of carbonyl (C=O) groups is 1. The van der Waals surface area contributed by atoms with Gasteiger partial charge in [-0.25, -0.2) is 5.43 Å². The average molecular weight is 565 g/mol. The van der Waals surface area contributed by atoms with Gasteiger partial charge in [0.05, 0.1) is 28.9 Å². The van der Waals surface area contributed by atoms with Crippen LogP contribution in [0.25, 0.3) is 0 Å². The summed E-state index contributed by atoms with van der Waals surface area (Å²) in [6.45, 7) is 2.26. The standard InChI is InChI=1S/C18H17Br3N2O4/c1-3-26-18-14(21)6-11(7-16(18)25-2)9-22-23-17(24)10-27-15-5-4-12(19)8-13(15)20/h4-9H,3,10H2,1-2H3,(H,23,24)/b22-9+. The fourth-order valence-electron chi connectivity index (χ4n) is 2.05. The highest BCUT2D eigenvalue weighted by molar-refractivity contribution is 9.11. The maximum Gasteiger partial charge on any atom is 0.277 e. The van der Waals surface area contributed by atoms with E-state index in [1.807, 2.05) is 25.1 Å². The Bertz CT molecular complexity index is 844. The van der Waals surface area contributed by atoms with Gasteiger partial charge in [0.2, 0.25) is 0 Å². The molecule has 0 unspecified atom stereocenters. The molecule has 0 saturated heterocycles. The highest BCUT2D eigenvalue weighted by Crippen LogP contribution is 2.36. The summed E-state index contributed by atoms with van der Waals surface area (Å²) in [6, 6.07) is 9.00. The molecular formula is C18H17Br3N2O4. The summed E-state index contributed by atoms with van der Waals surface area (Å²) >= 11 is 10.2. The Kier molecular flexibility index (Phi) is 8.59. The Hall–Kier alpha value is -1.58. The van der Waals surface area contributed by atoms with Crippen molar-refractivity contribution in [1.82, 2.24) is 5.43 Å². The second kappa shape index (κ2) is 10.7. The van der Waals surface area contributed by atoms with Gasteiger partial charge in [0.15, 0.2) is 18.1 Å². The Labute approximate surface area is 182 Å². The van der Waals surface area contributed by atoms with Gasteiger partial charge in [-0.2, -0.15) is 5.10 Å². The molecule has 0 aromatic heterocycles. The van der Waals surface area contributed by atoms with Gasteiger partial charge in [-0.1, -0.05) is 15.9 Å². The lowest BCUT2D eigenvalue weighted by molar-refractivity contribution is -0.123. The van der Waals surface area contributed by atoms with Crippen molar-refractivity contribution in [2.24, 2.45) is 5.10 Å². The Morgan fingerprint density at radius 3 is 2.56 bits per heavy atom. The predicted molar refractivity (Wildman–Crippen MR) is 115 cm³/mol. The number of carbonyl (C=O) groups excluding carboxylic acids is 1. The minimum atomic E-state index is -0.377. The topological polar surface area (TPSA) is 69.2 Å². The fraction of sp³-hybridized carbons (Fsp3) is 0.222. The predicted octanol–water partition coefficient (Wildman–Crippen LogP) is 4.91. The third kappa shape index (κ3) is 6.51. The van der Waals surface area contributed by atoms with Gasteiger partial charge in [-0.3, -0.25) is 4.79 Å². The number of ether oxygens (including phenoxy) is 3. The van der Waals surface area contributed by atoms with Crippen LogP contribution in [0.15, 0.2) is 48.9 Å². The lowest BCUT2D eigenvalue weighted by Crippen LogP contribution is -2.24. The van der Waals surface area contributed by atoms with Crippen LogP contribution in [0.4, 0.5) is 0 Å². The molecule has 9 heteroatoms. The van der Waals surface area contributed by atoms with E-state index in [1.165, 1.54) is 6.21 Å². The number of hydrogen-bond acceptors (Lipinski definition) is 5. The number of hydrazone groups is 1. The number of rotatable bonds is 8. The SMILES string of the molecule is CCOc1c(Br)cc(/C=N/NC(=O)COc2ccc(Br)cc2Br)cc1OC. The number of methoxy groups -OCH3 is 1. The molecule has 0 radical (unpaired) electrons. The van der Waals surface area contributed by atoms with Crippen LogP contribution in [-0.4, -0.2) is 32.4 Å². The number of amides is 1. The molecule has 0 aliphatic heterocycles. The van der Waals surface area contributed by atoms with Crippen molar-refractivity contribution in [2.75, 3.05) is 20.3 Å². The average Bonchev–Trinajstić information content (AvgIpc) is 2.63. The summed E-state index contributed by atoms with van der Waals surface area (Å²) in [7, 11) is 1.56. The number of nitrogens with zero attached hydrogens (tertiary/aromatic N) is 1. The number of nitrogens with one attached hydrogen (secondary N) is 1. The lowest BCUT2D eigenvalue weighted by Gasteiger charge is -2.12. The third-order valence-electron chi connectivity index (χ3n) is 3.20. The fourth-order valence-corrected chi connectivity index (χ4v) is 3.78. The molecule has 1 N–H and O–H groups in total. The van der Waals surface area contributed by atoms with E-state index in [0.29, 0.717) is 23.9 Å². The number of benzene rings is 2. The molecular weight excluding hydrogens is 548 g/mol. The van der Waals surface area contributed by atoms with E-state index in [4.69, 9.17) is 14.2 Å². The molecule has 2 rings (SSSR count). The monoisotopic (exact) mass is 562 g/mol. The van der Waals surface area contributed by atoms with Crippen LogP contribution in [0.3, 0.4) is 0 Å². The molecule has 0 spiro atoms. The van der Waals surface area contributed by atoms with E-state index in [-0.39, 0.29) is 12.5 Å². The van der Waals surface area contributed by atoms with Crippen molar-refractivity contribution in [3.05, 3.63) is 49.3 Å². The summed E-state index contributed by atoms with van der Waals surface area (Å²) < 4.78 is 18.7. The quantitative estimate of drug-likeness (QED) is 0.365. The van der Waals surface area contributed by atoms with Crippen LogP contribution in [0.1, 0.15) is 12.5 Å². The van der Waals surface area contributed by atoms with Crippen molar-refractivity contribution in [3.8, 4) is 17.2 Å². The second-order valence-corrected chi connectivity index (χ2v) is 7.75. The number of halogens is 3. The highest BCUT2D eigenvalue weighted by Gasteiger charge is 2.10. The maximum atomic E-state index is 11.9. The molecule has 0 atom stereocenters. The normalized spacial score (nSPS) is 10.7. The summed E-state index contributed by atoms with van der Waals surface area (Å²) in [5.41, 5.74) is 3.16. The molecule has 2 aromatic rings. The van der Waals surface area contributed by atoms with Crippen molar-refractivity contribution in [1.29, 1.82) is 0 Å². The van der Waals surface area contributed by atoms with Crippen molar-refractivity contribution >= 4 is 59.9 Å². The number of hydrogen-bond donors (Lipinski definition) is 1. The first-order valence-electron chi connectivity index (χ1n) is 7.84. The van der Waals surface area contributed by atoms with Crippen LogP contribution in [0, 0.1) is 0 Å². The zero-order chi connectivity index (χ0) is 19.8. The first-order valence-corrected chi connectivity index (χ1v) is 10.2. The van der Waals surface area contributed by atoms with Gasteiger partial charge in [0.25, 0.3) is 5.91 Å². The van der Waals surface area contributed by atoms with Gasteiger partial charge in [-0.05, 0) is 74.7 Å². The molecule has 144 valence electrons.